The first-order valence-corrected chi connectivity index (χ1v) is 11.0. The summed E-state index contributed by atoms with van der Waals surface area (Å²) in [5, 5.41) is 8.01. The maximum Gasteiger partial charge on any atom is 0.228 e. The van der Waals surface area contributed by atoms with Gasteiger partial charge in [-0.2, -0.15) is 0 Å². The molecule has 3 aromatic rings. The molecule has 1 aromatic heterocycles. The molecule has 0 fully saturated rings. The van der Waals surface area contributed by atoms with Crippen molar-refractivity contribution in [3.63, 3.8) is 0 Å². The summed E-state index contributed by atoms with van der Waals surface area (Å²) in [6, 6.07) is 12.4. The number of anilines is 1. The summed E-state index contributed by atoms with van der Waals surface area (Å²) in [4.78, 5) is 28.9. The van der Waals surface area contributed by atoms with Crippen LogP contribution in [0.5, 0.6) is 17.2 Å². The molecular formula is C23H23N3O5S. The molecule has 166 valence electrons. The fourth-order valence-corrected chi connectivity index (χ4v) is 4.09. The second kappa shape index (κ2) is 9.69. The fourth-order valence-electron chi connectivity index (χ4n) is 3.36. The minimum atomic E-state index is -0.462. The number of thiazole rings is 1. The predicted octanol–water partition coefficient (Wildman–Crippen LogP) is 3.80. The van der Waals surface area contributed by atoms with Crippen molar-refractivity contribution >= 4 is 28.3 Å². The number of fused-ring (bicyclic) bond motifs is 1. The van der Waals surface area contributed by atoms with E-state index in [0.717, 1.165) is 16.8 Å². The minimum absolute atomic E-state index is 0.0743. The Morgan fingerprint density at radius 2 is 1.88 bits per heavy atom. The SMILES string of the molecule is COc1ccc(C(CC(=O)Nc2nc(-c3ccc4c(c3)OCCO4)cs2)NC(C)=O)cc1. The molecule has 32 heavy (non-hydrogen) atoms. The first kappa shape index (κ1) is 21.6. The van der Waals surface area contributed by atoms with Gasteiger partial charge >= 0.3 is 0 Å². The highest BCUT2D eigenvalue weighted by Gasteiger charge is 2.19. The number of carbonyl (C=O) groups excluding carboxylic acids is 2. The van der Waals surface area contributed by atoms with Crippen LogP contribution in [0, 0.1) is 0 Å². The molecular weight excluding hydrogens is 430 g/mol. The zero-order valence-corrected chi connectivity index (χ0v) is 18.5. The molecule has 2 N–H and O–H groups in total. The molecule has 0 aliphatic carbocycles. The Labute approximate surface area is 189 Å². The molecule has 1 aliphatic rings. The molecule has 0 spiro atoms. The van der Waals surface area contributed by atoms with Gasteiger partial charge in [0.1, 0.15) is 19.0 Å². The molecule has 0 bridgehead atoms. The lowest BCUT2D eigenvalue weighted by molar-refractivity contribution is -0.120. The van der Waals surface area contributed by atoms with Gasteiger partial charge in [-0.25, -0.2) is 4.98 Å². The molecule has 0 saturated heterocycles. The summed E-state index contributed by atoms with van der Waals surface area (Å²) in [5.74, 6) is 1.64. The third-order valence-electron chi connectivity index (χ3n) is 4.87. The number of rotatable bonds is 7. The number of hydrogen-bond donors (Lipinski definition) is 2. The van der Waals surface area contributed by atoms with Crippen LogP contribution in [0.1, 0.15) is 24.9 Å². The van der Waals surface area contributed by atoms with Crippen molar-refractivity contribution in [2.24, 2.45) is 0 Å². The molecule has 2 aromatic carbocycles. The van der Waals surface area contributed by atoms with E-state index < -0.39 is 6.04 Å². The van der Waals surface area contributed by atoms with E-state index in [1.165, 1.54) is 18.3 Å². The summed E-state index contributed by atoms with van der Waals surface area (Å²) in [7, 11) is 1.58. The molecule has 2 amide bonds. The fraction of sp³-hybridized carbons (Fsp3) is 0.261. The highest BCUT2D eigenvalue weighted by atomic mass is 32.1. The van der Waals surface area contributed by atoms with Gasteiger partial charge in [-0.15, -0.1) is 11.3 Å². The normalized spacial score (nSPS) is 13.2. The Kier molecular flexibility index (Phi) is 6.55. The topological polar surface area (TPSA) is 98.8 Å². The Hall–Kier alpha value is -3.59. The van der Waals surface area contributed by atoms with Gasteiger partial charge in [-0.1, -0.05) is 12.1 Å². The average Bonchev–Trinajstić information content (AvgIpc) is 3.26. The van der Waals surface area contributed by atoms with Crippen molar-refractivity contribution in [1.29, 1.82) is 0 Å². The van der Waals surface area contributed by atoms with Crippen LogP contribution < -0.4 is 24.8 Å². The van der Waals surface area contributed by atoms with E-state index in [-0.39, 0.29) is 18.2 Å². The lowest BCUT2D eigenvalue weighted by atomic mass is 10.0. The van der Waals surface area contributed by atoms with Gasteiger partial charge in [-0.05, 0) is 35.9 Å². The first-order chi connectivity index (χ1) is 15.5. The van der Waals surface area contributed by atoms with Crippen molar-refractivity contribution in [3.8, 4) is 28.5 Å². The molecule has 9 heteroatoms. The second-order valence-corrected chi connectivity index (χ2v) is 8.03. The van der Waals surface area contributed by atoms with Gasteiger partial charge in [0.15, 0.2) is 16.6 Å². The Bertz CT molecular complexity index is 1110. The summed E-state index contributed by atoms with van der Waals surface area (Å²) in [6.45, 7) is 2.47. The van der Waals surface area contributed by atoms with Crippen LogP contribution in [0.3, 0.4) is 0 Å². The van der Waals surface area contributed by atoms with Crippen LogP contribution in [-0.2, 0) is 9.59 Å². The summed E-state index contributed by atoms with van der Waals surface area (Å²) >= 11 is 1.33. The van der Waals surface area contributed by atoms with E-state index in [1.54, 1.807) is 19.2 Å². The average molecular weight is 454 g/mol. The predicted molar refractivity (Wildman–Crippen MR) is 121 cm³/mol. The van der Waals surface area contributed by atoms with E-state index in [0.29, 0.717) is 35.6 Å². The van der Waals surface area contributed by atoms with Crippen molar-refractivity contribution in [3.05, 3.63) is 53.4 Å². The third-order valence-corrected chi connectivity index (χ3v) is 5.63. The molecule has 2 heterocycles. The number of amides is 2. The number of carbonyl (C=O) groups is 2. The van der Waals surface area contributed by atoms with Crippen molar-refractivity contribution in [2.45, 2.75) is 19.4 Å². The molecule has 8 nitrogen and oxygen atoms in total. The minimum Gasteiger partial charge on any atom is -0.497 e. The smallest absolute Gasteiger partial charge is 0.228 e. The third kappa shape index (κ3) is 5.17. The van der Waals surface area contributed by atoms with E-state index in [2.05, 4.69) is 15.6 Å². The van der Waals surface area contributed by atoms with Crippen LogP contribution in [-0.4, -0.2) is 37.1 Å². The number of ether oxygens (including phenoxy) is 3. The number of aromatic nitrogens is 1. The monoisotopic (exact) mass is 453 g/mol. The quantitative estimate of drug-likeness (QED) is 0.565. The zero-order chi connectivity index (χ0) is 22.5. The molecule has 4 rings (SSSR count). The Balaban J connectivity index is 1.43. The van der Waals surface area contributed by atoms with E-state index in [1.807, 2.05) is 35.7 Å². The number of nitrogens with one attached hydrogen (secondary N) is 2. The summed E-state index contributed by atoms with van der Waals surface area (Å²) in [5.41, 5.74) is 2.42. The highest BCUT2D eigenvalue weighted by Crippen LogP contribution is 2.35. The van der Waals surface area contributed by atoms with Crippen LogP contribution in [0.4, 0.5) is 5.13 Å². The van der Waals surface area contributed by atoms with E-state index in [4.69, 9.17) is 14.2 Å². The summed E-state index contributed by atoms with van der Waals surface area (Å²) < 4.78 is 16.3. The van der Waals surface area contributed by atoms with Crippen LogP contribution in [0.25, 0.3) is 11.3 Å². The first-order valence-electron chi connectivity index (χ1n) is 10.1. The van der Waals surface area contributed by atoms with Gasteiger partial charge in [0.2, 0.25) is 11.8 Å². The van der Waals surface area contributed by atoms with Crippen LogP contribution in [0.2, 0.25) is 0 Å². The number of methoxy groups -OCH3 is 1. The lowest BCUT2D eigenvalue weighted by Crippen LogP contribution is -2.29. The number of benzene rings is 2. The molecule has 1 unspecified atom stereocenters. The second-order valence-electron chi connectivity index (χ2n) is 7.17. The molecule has 0 radical (unpaired) electrons. The van der Waals surface area contributed by atoms with Gasteiger partial charge in [-0.3, -0.25) is 9.59 Å². The lowest BCUT2D eigenvalue weighted by Gasteiger charge is -2.18. The zero-order valence-electron chi connectivity index (χ0n) is 17.7. The maximum atomic E-state index is 12.7. The standard InChI is InChI=1S/C23H23N3O5S/c1-14(27)24-18(15-3-6-17(29-2)7-4-15)12-22(28)26-23-25-19(13-32-23)16-5-8-20-21(11-16)31-10-9-30-20/h3-8,11,13,18H,9-10,12H2,1-2H3,(H,24,27)(H,25,26,28). The van der Waals surface area contributed by atoms with Crippen LogP contribution >= 0.6 is 11.3 Å². The van der Waals surface area contributed by atoms with Crippen molar-refractivity contribution < 1.29 is 23.8 Å². The van der Waals surface area contributed by atoms with Crippen LogP contribution in [0.15, 0.2) is 47.8 Å². The summed E-state index contributed by atoms with van der Waals surface area (Å²) in [6.07, 6.45) is 0.0743. The highest BCUT2D eigenvalue weighted by molar-refractivity contribution is 7.14. The molecule has 0 saturated carbocycles. The van der Waals surface area contributed by atoms with Gasteiger partial charge < -0.3 is 24.8 Å². The van der Waals surface area contributed by atoms with Gasteiger partial charge in [0.25, 0.3) is 0 Å². The Morgan fingerprint density at radius 1 is 1.12 bits per heavy atom. The maximum absolute atomic E-state index is 12.7. The van der Waals surface area contributed by atoms with Crippen molar-refractivity contribution in [1.82, 2.24) is 10.3 Å². The molecule has 1 atom stereocenters. The van der Waals surface area contributed by atoms with Crippen molar-refractivity contribution in [2.75, 3.05) is 25.6 Å². The largest absolute Gasteiger partial charge is 0.497 e. The number of nitrogens with zero attached hydrogens (tertiary/aromatic N) is 1. The number of hydrogen-bond acceptors (Lipinski definition) is 7. The van der Waals surface area contributed by atoms with Gasteiger partial charge in [0.05, 0.1) is 25.3 Å². The van der Waals surface area contributed by atoms with Gasteiger partial charge in [0, 0.05) is 17.9 Å². The molecule has 1 aliphatic heterocycles. The Morgan fingerprint density at radius 3 is 2.59 bits per heavy atom. The van der Waals surface area contributed by atoms with E-state index >= 15 is 0 Å². The van der Waals surface area contributed by atoms with E-state index in [9.17, 15) is 9.59 Å².